The van der Waals surface area contributed by atoms with Crippen molar-refractivity contribution >= 4 is 11.9 Å². The molecule has 2 aliphatic rings. The van der Waals surface area contributed by atoms with Gasteiger partial charge in [-0.25, -0.2) is 0 Å². The van der Waals surface area contributed by atoms with Crippen LogP contribution >= 0.6 is 0 Å². The molecular formula is C18H19N3O3. The van der Waals surface area contributed by atoms with E-state index in [9.17, 15) is 9.59 Å². The Bertz CT molecular complexity index is 794. The summed E-state index contributed by atoms with van der Waals surface area (Å²) in [6.07, 6.45) is 6.59. The van der Waals surface area contributed by atoms with Gasteiger partial charge in [0.25, 0.3) is 5.91 Å². The molecule has 2 saturated carbocycles. The molecule has 0 saturated heterocycles. The SMILES string of the molecule is Cn1cc(C2CC2C(=O)Oc2cccc(C(=O)NC3CC3)c2)cn1. The first-order valence-corrected chi connectivity index (χ1v) is 8.21. The van der Waals surface area contributed by atoms with Crippen molar-refractivity contribution in [2.24, 2.45) is 13.0 Å². The number of carbonyl (C=O) groups is 2. The molecule has 1 aromatic heterocycles. The molecule has 2 fully saturated rings. The second kappa shape index (κ2) is 5.78. The Morgan fingerprint density at radius 1 is 1.33 bits per heavy atom. The highest BCUT2D eigenvalue weighted by Gasteiger charge is 2.46. The van der Waals surface area contributed by atoms with Crippen molar-refractivity contribution in [1.29, 1.82) is 0 Å². The number of aromatic nitrogens is 2. The molecule has 2 aromatic rings. The van der Waals surface area contributed by atoms with E-state index in [0.717, 1.165) is 24.8 Å². The molecule has 0 aliphatic heterocycles. The predicted octanol–water partition coefficient (Wildman–Crippen LogP) is 2.02. The van der Waals surface area contributed by atoms with Gasteiger partial charge in [-0.1, -0.05) is 6.07 Å². The normalized spacial score (nSPS) is 22.0. The van der Waals surface area contributed by atoms with E-state index in [0.29, 0.717) is 17.4 Å². The standard InChI is InChI=1S/C18H19N3O3/c1-21-10-12(9-19-21)15-8-16(15)18(23)24-14-4-2-3-11(7-14)17(22)20-13-5-6-13/h2-4,7,9-10,13,15-16H,5-6,8H2,1H3,(H,20,22). The Morgan fingerprint density at radius 2 is 2.17 bits per heavy atom. The summed E-state index contributed by atoms with van der Waals surface area (Å²) in [5.41, 5.74) is 1.59. The summed E-state index contributed by atoms with van der Waals surface area (Å²) >= 11 is 0. The topological polar surface area (TPSA) is 73.2 Å². The van der Waals surface area contributed by atoms with E-state index < -0.39 is 0 Å². The van der Waals surface area contributed by atoms with Crippen molar-refractivity contribution in [3.8, 4) is 5.75 Å². The predicted molar refractivity (Wildman–Crippen MR) is 86.6 cm³/mol. The Labute approximate surface area is 139 Å². The molecule has 1 aromatic carbocycles. The first kappa shape index (κ1) is 14.9. The lowest BCUT2D eigenvalue weighted by Crippen LogP contribution is -2.25. The van der Waals surface area contributed by atoms with Gasteiger partial charge in [0.2, 0.25) is 0 Å². The number of nitrogens with one attached hydrogen (secondary N) is 1. The monoisotopic (exact) mass is 325 g/mol. The van der Waals surface area contributed by atoms with E-state index in [1.165, 1.54) is 0 Å². The second-order valence-electron chi connectivity index (χ2n) is 6.59. The van der Waals surface area contributed by atoms with Gasteiger partial charge in [0, 0.05) is 30.8 Å². The molecule has 1 heterocycles. The summed E-state index contributed by atoms with van der Waals surface area (Å²) < 4.78 is 7.20. The summed E-state index contributed by atoms with van der Waals surface area (Å²) in [7, 11) is 1.86. The third kappa shape index (κ3) is 3.18. The summed E-state index contributed by atoms with van der Waals surface area (Å²) in [4.78, 5) is 24.3. The van der Waals surface area contributed by atoms with Crippen molar-refractivity contribution in [3.63, 3.8) is 0 Å². The Morgan fingerprint density at radius 3 is 2.88 bits per heavy atom. The van der Waals surface area contributed by atoms with Gasteiger partial charge < -0.3 is 10.1 Å². The van der Waals surface area contributed by atoms with E-state index in [1.807, 2.05) is 13.2 Å². The molecule has 2 unspecified atom stereocenters. The van der Waals surface area contributed by atoms with Crippen molar-refractivity contribution in [1.82, 2.24) is 15.1 Å². The molecule has 0 spiro atoms. The van der Waals surface area contributed by atoms with Crippen LogP contribution in [0.5, 0.6) is 5.75 Å². The molecule has 1 N–H and O–H groups in total. The van der Waals surface area contributed by atoms with Gasteiger partial charge in [-0.05, 0) is 43.0 Å². The molecule has 0 bridgehead atoms. The van der Waals surface area contributed by atoms with Gasteiger partial charge >= 0.3 is 5.97 Å². The van der Waals surface area contributed by atoms with Crippen molar-refractivity contribution in [2.45, 2.75) is 31.2 Å². The van der Waals surface area contributed by atoms with Gasteiger partial charge in [0.1, 0.15) is 5.75 Å². The zero-order valence-electron chi connectivity index (χ0n) is 13.4. The molecule has 0 radical (unpaired) electrons. The summed E-state index contributed by atoms with van der Waals surface area (Å²) in [6, 6.07) is 7.08. The molecular weight excluding hydrogens is 306 g/mol. The van der Waals surface area contributed by atoms with Crippen molar-refractivity contribution < 1.29 is 14.3 Å². The maximum atomic E-state index is 12.3. The van der Waals surface area contributed by atoms with Crippen LogP contribution in [0.3, 0.4) is 0 Å². The molecule has 124 valence electrons. The minimum atomic E-state index is -0.247. The number of carbonyl (C=O) groups excluding carboxylic acids is 2. The average molecular weight is 325 g/mol. The van der Waals surface area contributed by atoms with Crippen LogP contribution in [0.1, 0.15) is 41.1 Å². The van der Waals surface area contributed by atoms with E-state index in [-0.39, 0.29) is 23.7 Å². The molecule has 6 heteroatoms. The van der Waals surface area contributed by atoms with Crippen LogP contribution in [-0.4, -0.2) is 27.7 Å². The molecule has 4 rings (SSSR count). The number of benzene rings is 1. The minimum absolute atomic E-state index is 0.116. The summed E-state index contributed by atoms with van der Waals surface area (Å²) in [6.45, 7) is 0. The second-order valence-corrected chi connectivity index (χ2v) is 6.59. The van der Waals surface area contributed by atoms with E-state index in [2.05, 4.69) is 10.4 Å². The average Bonchev–Trinajstić information content (AvgIpc) is 3.48. The largest absolute Gasteiger partial charge is 0.426 e. The Hall–Kier alpha value is -2.63. The number of amides is 1. The highest BCUT2D eigenvalue weighted by Crippen LogP contribution is 2.48. The zero-order valence-corrected chi connectivity index (χ0v) is 13.4. The third-order valence-electron chi connectivity index (χ3n) is 4.47. The number of ether oxygens (including phenoxy) is 1. The number of hydrogen-bond acceptors (Lipinski definition) is 4. The maximum absolute atomic E-state index is 12.3. The number of esters is 1. The molecule has 24 heavy (non-hydrogen) atoms. The number of aryl methyl sites for hydroxylation is 1. The highest BCUT2D eigenvalue weighted by atomic mass is 16.5. The lowest BCUT2D eigenvalue weighted by atomic mass is 10.2. The van der Waals surface area contributed by atoms with Gasteiger partial charge in [-0.3, -0.25) is 14.3 Å². The summed E-state index contributed by atoms with van der Waals surface area (Å²) in [5.74, 6) is 0.115. The van der Waals surface area contributed by atoms with Gasteiger partial charge in [0.05, 0.1) is 12.1 Å². The fraction of sp³-hybridized carbons (Fsp3) is 0.389. The molecule has 2 aliphatic carbocycles. The quantitative estimate of drug-likeness (QED) is 0.674. The lowest BCUT2D eigenvalue weighted by Gasteiger charge is -2.07. The van der Waals surface area contributed by atoms with E-state index in [4.69, 9.17) is 4.74 Å². The van der Waals surface area contributed by atoms with Crippen LogP contribution in [0.15, 0.2) is 36.7 Å². The third-order valence-corrected chi connectivity index (χ3v) is 4.47. The fourth-order valence-corrected chi connectivity index (χ4v) is 2.84. The zero-order chi connectivity index (χ0) is 16.7. The first-order chi connectivity index (χ1) is 11.6. The van der Waals surface area contributed by atoms with Crippen LogP contribution in [0.25, 0.3) is 0 Å². The molecule has 6 nitrogen and oxygen atoms in total. The van der Waals surface area contributed by atoms with Gasteiger partial charge in [-0.2, -0.15) is 5.10 Å². The van der Waals surface area contributed by atoms with Crippen molar-refractivity contribution in [2.75, 3.05) is 0 Å². The maximum Gasteiger partial charge on any atom is 0.314 e. The Kier molecular flexibility index (Phi) is 3.59. The summed E-state index contributed by atoms with van der Waals surface area (Å²) in [5, 5.41) is 7.06. The lowest BCUT2D eigenvalue weighted by molar-refractivity contribution is -0.135. The smallest absolute Gasteiger partial charge is 0.314 e. The fourth-order valence-electron chi connectivity index (χ4n) is 2.84. The van der Waals surface area contributed by atoms with Gasteiger partial charge in [-0.15, -0.1) is 0 Å². The van der Waals surface area contributed by atoms with Crippen LogP contribution in [0.2, 0.25) is 0 Å². The molecule has 1 amide bonds. The van der Waals surface area contributed by atoms with Crippen LogP contribution < -0.4 is 10.1 Å². The van der Waals surface area contributed by atoms with Crippen LogP contribution in [0.4, 0.5) is 0 Å². The minimum Gasteiger partial charge on any atom is -0.426 e. The first-order valence-electron chi connectivity index (χ1n) is 8.21. The van der Waals surface area contributed by atoms with Crippen LogP contribution in [0, 0.1) is 5.92 Å². The highest BCUT2D eigenvalue weighted by molar-refractivity contribution is 5.95. The van der Waals surface area contributed by atoms with E-state index >= 15 is 0 Å². The number of rotatable bonds is 5. The van der Waals surface area contributed by atoms with E-state index in [1.54, 1.807) is 35.1 Å². The number of hydrogen-bond donors (Lipinski definition) is 1. The van der Waals surface area contributed by atoms with Crippen LogP contribution in [-0.2, 0) is 11.8 Å². The van der Waals surface area contributed by atoms with Crippen molar-refractivity contribution in [3.05, 3.63) is 47.8 Å². The Balaban J connectivity index is 1.38. The van der Waals surface area contributed by atoms with Gasteiger partial charge in [0.15, 0.2) is 0 Å². The molecule has 2 atom stereocenters. The number of nitrogens with zero attached hydrogens (tertiary/aromatic N) is 2.